The minimum atomic E-state index is 0.341. The third kappa shape index (κ3) is 4.95. The van der Waals surface area contributed by atoms with Gasteiger partial charge in [-0.2, -0.15) is 5.10 Å². The molecule has 25 heavy (non-hydrogen) atoms. The summed E-state index contributed by atoms with van der Waals surface area (Å²) in [5.41, 5.74) is 3.14. The molecule has 1 aliphatic rings. The highest BCUT2D eigenvalue weighted by molar-refractivity contribution is 9.10. The van der Waals surface area contributed by atoms with Gasteiger partial charge in [-0.3, -0.25) is 0 Å². The number of aryl methyl sites for hydroxylation is 1. The van der Waals surface area contributed by atoms with Crippen LogP contribution in [-0.4, -0.2) is 16.3 Å². The van der Waals surface area contributed by atoms with Crippen LogP contribution in [0.2, 0.25) is 5.15 Å². The molecule has 0 amide bonds. The van der Waals surface area contributed by atoms with E-state index < -0.39 is 0 Å². The maximum atomic E-state index is 6.19. The summed E-state index contributed by atoms with van der Waals surface area (Å²) in [6.45, 7) is 2.18. The van der Waals surface area contributed by atoms with Gasteiger partial charge >= 0.3 is 0 Å². The molecule has 1 saturated carbocycles. The van der Waals surface area contributed by atoms with Gasteiger partial charge in [0.25, 0.3) is 0 Å². The molecule has 1 aromatic carbocycles. The zero-order valence-electron chi connectivity index (χ0n) is 14.6. The Morgan fingerprint density at radius 1 is 1.16 bits per heavy atom. The molecule has 0 bridgehead atoms. The lowest BCUT2D eigenvalue weighted by atomic mass is 9.97. The SMILES string of the molecule is CCCCc1nnc(Cl)cc1-c1ccc(OC2CCCCC2)c(Br)c1. The van der Waals surface area contributed by atoms with E-state index in [0.717, 1.165) is 59.1 Å². The molecule has 134 valence electrons. The average Bonchev–Trinajstić information content (AvgIpc) is 2.63. The summed E-state index contributed by atoms with van der Waals surface area (Å²) in [5, 5.41) is 8.75. The lowest BCUT2D eigenvalue weighted by Gasteiger charge is -2.23. The molecule has 0 aliphatic heterocycles. The second kappa shape index (κ2) is 9.00. The molecule has 0 unspecified atom stereocenters. The monoisotopic (exact) mass is 422 g/mol. The van der Waals surface area contributed by atoms with Gasteiger partial charge in [-0.25, -0.2) is 0 Å². The van der Waals surface area contributed by atoms with Crippen molar-refractivity contribution in [3.63, 3.8) is 0 Å². The molecule has 1 aromatic heterocycles. The van der Waals surface area contributed by atoms with E-state index in [2.05, 4.69) is 45.2 Å². The fourth-order valence-electron chi connectivity index (χ4n) is 3.30. The Labute approximate surface area is 163 Å². The number of hydrogen-bond acceptors (Lipinski definition) is 3. The molecule has 0 saturated heterocycles. The fraction of sp³-hybridized carbons (Fsp3) is 0.500. The number of unbranched alkanes of at least 4 members (excludes halogenated alkanes) is 1. The van der Waals surface area contributed by atoms with Crippen LogP contribution >= 0.6 is 27.5 Å². The van der Waals surface area contributed by atoms with E-state index in [1.807, 2.05) is 12.1 Å². The zero-order chi connectivity index (χ0) is 17.6. The number of hydrogen-bond donors (Lipinski definition) is 0. The number of rotatable bonds is 6. The van der Waals surface area contributed by atoms with E-state index in [9.17, 15) is 0 Å². The molecule has 2 aromatic rings. The molecule has 3 rings (SSSR count). The first kappa shape index (κ1) is 18.7. The van der Waals surface area contributed by atoms with Crippen LogP contribution in [0, 0.1) is 0 Å². The molecule has 5 heteroatoms. The molecule has 3 nitrogen and oxygen atoms in total. The lowest BCUT2D eigenvalue weighted by Crippen LogP contribution is -2.19. The van der Waals surface area contributed by atoms with E-state index in [1.54, 1.807) is 0 Å². The highest BCUT2D eigenvalue weighted by Gasteiger charge is 2.17. The minimum absolute atomic E-state index is 0.341. The Morgan fingerprint density at radius 3 is 2.68 bits per heavy atom. The normalized spacial score (nSPS) is 15.3. The Bertz CT molecular complexity index is 717. The van der Waals surface area contributed by atoms with Crippen molar-refractivity contribution in [2.75, 3.05) is 0 Å². The molecule has 0 N–H and O–H groups in total. The van der Waals surface area contributed by atoms with Crippen LogP contribution < -0.4 is 4.74 Å². The second-order valence-corrected chi connectivity index (χ2v) is 7.90. The predicted octanol–water partition coefficient (Wildman–Crippen LogP) is 6.61. The number of benzene rings is 1. The van der Waals surface area contributed by atoms with Crippen LogP contribution in [0.25, 0.3) is 11.1 Å². The van der Waals surface area contributed by atoms with Crippen LogP contribution in [0.5, 0.6) is 5.75 Å². The number of ether oxygens (including phenoxy) is 1. The molecular weight excluding hydrogens is 400 g/mol. The average molecular weight is 424 g/mol. The molecule has 1 fully saturated rings. The quantitative estimate of drug-likeness (QED) is 0.524. The molecule has 0 atom stereocenters. The second-order valence-electron chi connectivity index (χ2n) is 6.65. The number of halogens is 2. The largest absolute Gasteiger partial charge is 0.489 e. The highest BCUT2D eigenvalue weighted by atomic mass is 79.9. The van der Waals surface area contributed by atoms with Crippen molar-refractivity contribution in [2.24, 2.45) is 0 Å². The first-order valence-electron chi connectivity index (χ1n) is 9.16. The first-order chi connectivity index (χ1) is 12.2. The molecule has 0 spiro atoms. The van der Waals surface area contributed by atoms with E-state index >= 15 is 0 Å². The Morgan fingerprint density at radius 2 is 1.96 bits per heavy atom. The molecule has 1 aliphatic carbocycles. The molecule has 0 radical (unpaired) electrons. The van der Waals surface area contributed by atoms with Gasteiger partial charge in [-0.05, 0) is 78.2 Å². The van der Waals surface area contributed by atoms with Gasteiger partial charge in [0.05, 0.1) is 16.3 Å². The van der Waals surface area contributed by atoms with Crippen molar-refractivity contribution >= 4 is 27.5 Å². The maximum Gasteiger partial charge on any atom is 0.152 e. The van der Waals surface area contributed by atoms with Gasteiger partial charge < -0.3 is 4.74 Å². The van der Waals surface area contributed by atoms with Gasteiger partial charge in [0.2, 0.25) is 0 Å². The topological polar surface area (TPSA) is 35.0 Å². The summed E-state index contributed by atoms with van der Waals surface area (Å²) in [4.78, 5) is 0. The smallest absolute Gasteiger partial charge is 0.152 e. The van der Waals surface area contributed by atoms with Crippen LogP contribution in [0.15, 0.2) is 28.7 Å². The van der Waals surface area contributed by atoms with E-state index in [-0.39, 0.29) is 0 Å². The van der Waals surface area contributed by atoms with Gasteiger partial charge in [-0.1, -0.05) is 37.4 Å². The van der Waals surface area contributed by atoms with Crippen molar-refractivity contribution in [1.29, 1.82) is 0 Å². The van der Waals surface area contributed by atoms with E-state index in [1.165, 1.54) is 19.3 Å². The van der Waals surface area contributed by atoms with Crippen molar-refractivity contribution < 1.29 is 4.74 Å². The Balaban J connectivity index is 1.83. The Kier molecular flexibility index (Phi) is 6.71. The molecular formula is C20H24BrClN2O. The third-order valence-corrected chi connectivity index (χ3v) is 5.50. The maximum absolute atomic E-state index is 6.19. The van der Waals surface area contributed by atoms with Crippen LogP contribution in [0.4, 0.5) is 0 Å². The summed E-state index contributed by atoms with van der Waals surface area (Å²) in [6, 6.07) is 8.14. The van der Waals surface area contributed by atoms with Crippen molar-refractivity contribution in [3.05, 3.63) is 39.6 Å². The van der Waals surface area contributed by atoms with Crippen LogP contribution in [0.1, 0.15) is 57.6 Å². The lowest BCUT2D eigenvalue weighted by molar-refractivity contribution is 0.154. The van der Waals surface area contributed by atoms with Crippen LogP contribution in [-0.2, 0) is 6.42 Å². The van der Waals surface area contributed by atoms with Gasteiger partial charge in [0.15, 0.2) is 5.15 Å². The standard InChI is InChI=1S/C20H24BrClN2O/c1-2-3-9-18-16(13-20(22)24-23-18)14-10-11-19(17(21)12-14)25-15-7-5-4-6-8-15/h10-13,15H,2-9H2,1H3. The highest BCUT2D eigenvalue weighted by Crippen LogP contribution is 2.34. The predicted molar refractivity (Wildman–Crippen MR) is 106 cm³/mol. The van der Waals surface area contributed by atoms with E-state index in [0.29, 0.717) is 11.3 Å². The van der Waals surface area contributed by atoms with Gasteiger partial charge in [0.1, 0.15) is 5.75 Å². The van der Waals surface area contributed by atoms with Crippen molar-refractivity contribution in [3.8, 4) is 16.9 Å². The fourth-order valence-corrected chi connectivity index (χ4v) is 3.92. The number of aromatic nitrogens is 2. The zero-order valence-corrected chi connectivity index (χ0v) is 16.9. The van der Waals surface area contributed by atoms with Gasteiger partial charge in [0, 0.05) is 5.56 Å². The summed E-state index contributed by atoms with van der Waals surface area (Å²) in [5.74, 6) is 0.916. The first-order valence-corrected chi connectivity index (χ1v) is 10.3. The third-order valence-electron chi connectivity index (χ3n) is 4.70. The van der Waals surface area contributed by atoms with E-state index in [4.69, 9.17) is 16.3 Å². The van der Waals surface area contributed by atoms with Crippen molar-refractivity contribution in [1.82, 2.24) is 10.2 Å². The Hall–Kier alpha value is -1.13. The summed E-state index contributed by atoms with van der Waals surface area (Å²) < 4.78 is 7.17. The minimum Gasteiger partial charge on any atom is -0.489 e. The summed E-state index contributed by atoms with van der Waals surface area (Å²) >= 11 is 9.76. The summed E-state index contributed by atoms with van der Waals surface area (Å²) in [6.07, 6.45) is 9.63. The van der Waals surface area contributed by atoms with Crippen LogP contribution in [0.3, 0.4) is 0 Å². The summed E-state index contributed by atoms with van der Waals surface area (Å²) in [7, 11) is 0. The number of nitrogens with zero attached hydrogens (tertiary/aromatic N) is 2. The van der Waals surface area contributed by atoms with Crippen molar-refractivity contribution in [2.45, 2.75) is 64.4 Å². The molecule has 1 heterocycles. The van der Waals surface area contributed by atoms with Gasteiger partial charge in [-0.15, -0.1) is 5.10 Å².